The first-order chi connectivity index (χ1) is 16.6. The Hall–Kier alpha value is -4.18. The quantitative estimate of drug-likeness (QED) is 0.247. The second-order valence-electron chi connectivity index (χ2n) is 8.77. The van der Waals surface area contributed by atoms with E-state index in [0.29, 0.717) is 6.42 Å². The molecule has 4 aromatic carbocycles. The van der Waals surface area contributed by atoms with Crippen molar-refractivity contribution in [2.75, 3.05) is 0 Å². The lowest BCUT2D eigenvalue weighted by Gasteiger charge is -2.09. The fraction of sp³-hybridized carbons (Fsp3) is 0.133. The molecule has 0 saturated carbocycles. The third-order valence-corrected chi connectivity index (χ3v) is 6.28. The highest BCUT2D eigenvalue weighted by Crippen LogP contribution is 2.24. The van der Waals surface area contributed by atoms with Gasteiger partial charge in [-0.05, 0) is 47.4 Å². The molecular formula is C30H27N3O. The van der Waals surface area contributed by atoms with Gasteiger partial charge in [-0.15, -0.1) is 0 Å². The number of nitrogens with zero attached hydrogens (tertiary/aromatic N) is 2. The van der Waals surface area contributed by atoms with Gasteiger partial charge in [0.15, 0.2) is 0 Å². The zero-order valence-corrected chi connectivity index (χ0v) is 19.5. The van der Waals surface area contributed by atoms with Gasteiger partial charge in [-0.3, -0.25) is 4.79 Å². The van der Waals surface area contributed by atoms with Crippen LogP contribution in [0.15, 0.2) is 96.2 Å². The number of aromatic nitrogens is 1. The van der Waals surface area contributed by atoms with Gasteiger partial charge in [-0.2, -0.15) is 5.10 Å². The second-order valence-corrected chi connectivity index (χ2v) is 8.77. The van der Waals surface area contributed by atoms with E-state index in [1.807, 2.05) is 25.1 Å². The van der Waals surface area contributed by atoms with Gasteiger partial charge < -0.3 is 4.57 Å². The molecule has 4 heteroatoms. The molecule has 5 rings (SSSR count). The van der Waals surface area contributed by atoms with Crippen molar-refractivity contribution in [2.45, 2.75) is 26.8 Å². The smallest absolute Gasteiger partial charge is 0.244 e. The molecule has 1 amide bonds. The summed E-state index contributed by atoms with van der Waals surface area (Å²) in [6.45, 7) is 4.84. The Bertz CT molecular complexity index is 1520. The number of benzene rings is 4. The lowest BCUT2D eigenvalue weighted by Crippen LogP contribution is -2.20. The Labute approximate surface area is 199 Å². The predicted molar refractivity (Wildman–Crippen MR) is 140 cm³/mol. The average Bonchev–Trinajstić information content (AvgIpc) is 3.18. The summed E-state index contributed by atoms with van der Waals surface area (Å²) in [4.78, 5) is 12.4. The number of fused-ring (bicyclic) bond motifs is 2. The molecule has 0 unspecified atom stereocenters. The van der Waals surface area contributed by atoms with Crippen molar-refractivity contribution < 1.29 is 4.79 Å². The molecule has 168 valence electrons. The van der Waals surface area contributed by atoms with Crippen molar-refractivity contribution in [3.05, 3.63) is 119 Å². The molecule has 5 aromatic rings. The minimum absolute atomic E-state index is 0.123. The molecule has 0 spiro atoms. The molecule has 0 bridgehead atoms. The second kappa shape index (κ2) is 9.36. The van der Waals surface area contributed by atoms with Gasteiger partial charge in [-0.1, -0.05) is 84.4 Å². The molecule has 4 nitrogen and oxygen atoms in total. The summed E-state index contributed by atoms with van der Waals surface area (Å²) in [6, 6.07) is 29.3. The summed E-state index contributed by atoms with van der Waals surface area (Å²) in [6.07, 6.45) is 4.15. The summed E-state index contributed by atoms with van der Waals surface area (Å²) in [5.74, 6) is -0.123. The number of carbonyl (C=O) groups is 1. The van der Waals surface area contributed by atoms with Gasteiger partial charge in [-0.25, -0.2) is 5.43 Å². The molecule has 0 saturated heterocycles. The van der Waals surface area contributed by atoms with Crippen LogP contribution in [-0.4, -0.2) is 16.7 Å². The van der Waals surface area contributed by atoms with E-state index < -0.39 is 0 Å². The molecule has 0 aliphatic rings. The predicted octanol–water partition coefficient (Wildman–Crippen LogP) is 6.15. The number of hydrazone groups is 1. The Kier molecular flexibility index (Phi) is 5.96. The number of hydrogen-bond donors (Lipinski definition) is 1. The highest BCUT2D eigenvalue weighted by atomic mass is 16.2. The summed E-state index contributed by atoms with van der Waals surface area (Å²) in [5.41, 5.74) is 9.40. The van der Waals surface area contributed by atoms with Crippen LogP contribution in [-0.2, 0) is 17.8 Å². The first-order valence-electron chi connectivity index (χ1n) is 11.5. The average molecular weight is 446 g/mol. The molecule has 1 heterocycles. The van der Waals surface area contributed by atoms with Gasteiger partial charge in [0.25, 0.3) is 0 Å². The number of aryl methyl sites for hydroxylation is 2. The van der Waals surface area contributed by atoms with Crippen LogP contribution in [0.4, 0.5) is 0 Å². The number of rotatable bonds is 6. The fourth-order valence-corrected chi connectivity index (χ4v) is 4.55. The van der Waals surface area contributed by atoms with Crippen LogP contribution in [0.25, 0.3) is 21.7 Å². The van der Waals surface area contributed by atoms with Crippen molar-refractivity contribution >= 4 is 33.8 Å². The van der Waals surface area contributed by atoms with Crippen molar-refractivity contribution in [2.24, 2.45) is 5.10 Å². The Morgan fingerprint density at radius 2 is 1.65 bits per heavy atom. The Morgan fingerprint density at radius 3 is 2.50 bits per heavy atom. The molecule has 0 fully saturated rings. The zero-order chi connectivity index (χ0) is 23.5. The van der Waals surface area contributed by atoms with Crippen LogP contribution in [0.2, 0.25) is 0 Å². The fourth-order valence-electron chi connectivity index (χ4n) is 4.55. The van der Waals surface area contributed by atoms with E-state index >= 15 is 0 Å². The third-order valence-electron chi connectivity index (χ3n) is 6.28. The van der Waals surface area contributed by atoms with Crippen LogP contribution in [0.1, 0.15) is 27.8 Å². The standard InChI is InChI=1S/C30H27N3O/c1-21-14-15-24(22(2)16-21)17-30(34)32-31-18-26-20-33(29-13-6-5-12-28(26)29)19-25-10-7-9-23-8-3-4-11-27(23)25/h3-16,18,20H,17,19H2,1-2H3,(H,32,34)/b31-18-. The first kappa shape index (κ1) is 21.7. The molecule has 1 aromatic heterocycles. The highest BCUT2D eigenvalue weighted by Gasteiger charge is 2.10. The molecule has 1 N–H and O–H groups in total. The molecule has 0 aliphatic carbocycles. The number of nitrogens with one attached hydrogen (secondary N) is 1. The number of amides is 1. The minimum atomic E-state index is -0.123. The number of hydrogen-bond acceptors (Lipinski definition) is 2. The van der Waals surface area contributed by atoms with E-state index in [2.05, 4.69) is 94.9 Å². The molecule has 0 atom stereocenters. The SMILES string of the molecule is Cc1ccc(CC(=O)N/N=C\c2cn(Cc3cccc4ccccc34)c3ccccc23)c(C)c1. The normalized spacial score (nSPS) is 11.5. The maximum atomic E-state index is 12.4. The maximum absolute atomic E-state index is 12.4. The largest absolute Gasteiger partial charge is 0.342 e. The highest BCUT2D eigenvalue weighted by molar-refractivity contribution is 6.00. The molecular weight excluding hydrogens is 418 g/mol. The van der Waals surface area contributed by atoms with Crippen molar-refractivity contribution in [1.29, 1.82) is 0 Å². The number of para-hydroxylation sites is 1. The van der Waals surface area contributed by atoms with Crippen LogP contribution >= 0.6 is 0 Å². The van der Waals surface area contributed by atoms with Gasteiger partial charge >= 0.3 is 0 Å². The van der Waals surface area contributed by atoms with E-state index in [4.69, 9.17) is 0 Å². The van der Waals surface area contributed by atoms with Crippen molar-refractivity contribution in [1.82, 2.24) is 9.99 Å². The molecule has 0 aliphatic heterocycles. The van der Waals surface area contributed by atoms with Crippen LogP contribution in [0.5, 0.6) is 0 Å². The molecule has 34 heavy (non-hydrogen) atoms. The third kappa shape index (κ3) is 4.48. The first-order valence-corrected chi connectivity index (χ1v) is 11.5. The monoisotopic (exact) mass is 445 g/mol. The maximum Gasteiger partial charge on any atom is 0.244 e. The van der Waals surface area contributed by atoms with E-state index in [9.17, 15) is 4.79 Å². The lowest BCUT2D eigenvalue weighted by molar-refractivity contribution is -0.120. The van der Waals surface area contributed by atoms with Gasteiger partial charge in [0, 0.05) is 29.2 Å². The van der Waals surface area contributed by atoms with Gasteiger partial charge in [0.2, 0.25) is 5.91 Å². The summed E-state index contributed by atoms with van der Waals surface area (Å²) >= 11 is 0. The summed E-state index contributed by atoms with van der Waals surface area (Å²) in [5, 5.41) is 7.88. The zero-order valence-electron chi connectivity index (χ0n) is 19.5. The number of carbonyl (C=O) groups excluding carboxylic acids is 1. The van der Waals surface area contributed by atoms with Crippen molar-refractivity contribution in [3.63, 3.8) is 0 Å². The molecule has 0 radical (unpaired) electrons. The van der Waals surface area contributed by atoms with Crippen molar-refractivity contribution in [3.8, 4) is 0 Å². The lowest BCUT2D eigenvalue weighted by atomic mass is 10.0. The van der Waals surface area contributed by atoms with E-state index in [1.54, 1.807) is 6.21 Å². The summed E-state index contributed by atoms with van der Waals surface area (Å²) < 4.78 is 2.25. The van der Waals surface area contributed by atoms with E-state index in [0.717, 1.165) is 34.1 Å². The Morgan fingerprint density at radius 1 is 0.882 bits per heavy atom. The van der Waals surface area contributed by atoms with E-state index in [-0.39, 0.29) is 5.91 Å². The summed E-state index contributed by atoms with van der Waals surface area (Å²) in [7, 11) is 0. The van der Waals surface area contributed by atoms with Crippen LogP contribution in [0.3, 0.4) is 0 Å². The Balaban J connectivity index is 1.37. The minimum Gasteiger partial charge on any atom is -0.342 e. The van der Waals surface area contributed by atoms with Crippen LogP contribution in [0, 0.1) is 13.8 Å². The van der Waals surface area contributed by atoms with Gasteiger partial charge in [0.1, 0.15) is 0 Å². The van der Waals surface area contributed by atoms with Crippen LogP contribution < -0.4 is 5.43 Å². The van der Waals surface area contributed by atoms with E-state index in [1.165, 1.54) is 21.9 Å². The van der Waals surface area contributed by atoms with Gasteiger partial charge in [0.05, 0.1) is 12.6 Å². The topological polar surface area (TPSA) is 46.4 Å².